The van der Waals surface area contributed by atoms with Gasteiger partial charge < -0.3 is 15.4 Å². The Morgan fingerprint density at radius 2 is 1.84 bits per heavy atom. The minimum absolute atomic E-state index is 0.104. The standard InChI is InChI=1S/C16H20F4N2O3/c1-11(9-25-10-16(18,19)20)22-14(23)3-2-8-21-15(24)12-4-6-13(17)7-5-12/h4-7,11H,2-3,8-10H2,1H3,(H,21,24)(H,22,23). The van der Waals surface area contributed by atoms with Gasteiger partial charge in [-0.2, -0.15) is 13.2 Å². The van der Waals surface area contributed by atoms with Crippen LogP contribution in [0.2, 0.25) is 0 Å². The number of hydrogen-bond donors (Lipinski definition) is 2. The molecule has 5 nitrogen and oxygen atoms in total. The van der Waals surface area contributed by atoms with Crippen molar-refractivity contribution in [2.45, 2.75) is 32.0 Å². The van der Waals surface area contributed by atoms with Crippen molar-refractivity contribution in [3.63, 3.8) is 0 Å². The van der Waals surface area contributed by atoms with E-state index >= 15 is 0 Å². The number of hydrogen-bond acceptors (Lipinski definition) is 3. The molecule has 0 aliphatic heterocycles. The Kier molecular flexibility index (Phi) is 8.33. The molecule has 140 valence electrons. The van der Waals surface area contributed by atoms with Crippen molar-refractivity contribution in [1.29, 1.82) is 0 Å². The predicted octanol–water partition coefficient (Wildman–Crippen LogP) is 2.42. The molecule has 0 aliphatic rings. The molecule has 2 amide bonds. The van der Waals surface area contributed by atoms with Crippen LogP contribution in [0.15, 0.2) is 24.3 Å². The Labute approximate surface area is 142 Å². The molecule has 1 unspecified atom stereocenters. The molecule has 0 saturated carbocycles. The van der Waals surface area contributed by atoms with Crippen molar-refractivity contribution in [1.82, 2.24) is 10.6 Å². The monoisotopic (exact) mass is 364 g/mol. The van der Waals surface area contributed by atoms with E-state index in [-0.39, 0.29) is 31.4 Å². The molecule has 0 spiro atoms. The van der Waals surface area contributed by atoms with Crippen LogP contribution in [0.25, 0.3) is 0 Å². The molecule has 2 N–H and O–H groups in total. The van der Waals surface area contributed by atoms with E-state index in [0.29, 0.717) is 12.0 Å². The van der Waals surface area contributed by atoms with Gasteiger partial charge in [-0.25, -0.2) is 4.39 Å². The normalized spacial score (nSPS) is 12.5. The van der Waals surface area contributed by atoms with Gasteiger partial charge in [-0.05, 0) is 37.6 Å². The highest BCUT2D eigenvalue weighted by atomic mass is 19.4. The van der Waals surface area contributed by atoms with Crippen LogP contribution in [-0.2, 0) is 9.53 Å². The van der Waals surface area contributed by atoms with Gasteiger partial charge in [0.25, 0.3) is 5.91 Å². The third kappa shape index (κ3) is 9.65. The number of carbonyl (C=O) groups is 2. The van der Waals surface area contributed by atoms with Crippen LogP contribution >= 0.6 is 0 Å². The van der Waals surface area contributed by atoms with Crippen LogP contribution in [0.3, 0.4) is 0 Å². The van der Waals surface area contributed by atoms with E-state index < -0.39 is 24.6 Å². The Bertz CT molecular complexity index is 561. The summed E-state index contributed by atoms with van der Waals surface area (Å²) in [5, 5.41) is 5.09. The highest BCUT2D eigenvalue weighted by Gasteiger charge is 2.27. The summed E-state index contributed by atoms with van der Waals surface area (Å²) in [5.41, 5.74) is 0.307. The summed E-state index contributed by atoms with van der Waals surface area (Å²) < 4.78 is 52.9. The lowest BCUT2D eigenvalue weighted by molar-refractivity contribution is -0.175. The first-order valence-electron chi connectivity index (χ1n) is 7.65. The highest BCUT2D eigenvalue weighted by Crippen LogP contribution is 2.14. The molecule has 1 atom stereocenters. The molecule has 0 radical (unpaired) electrons. The molecular weight excluding hydrogens is 344 g/mol. The first kappa shape index (κ1) is 20.9. The second-order valence-electron chi connectivity index (χ2n) is 5.47. The fraction of sp³-hybridized carbons (Fsp3) is 0.500. The predicted molar refractivity (Wildman–Crippen MR) is 82.4 cm³/mol. The minimum Gasteiger partial charge on any atom is -0.370 e. The van der Waals surface area contributed by atoms with Gasteiger partial charge in [0.15, 0.2) is 0 Å². The van der Waals surface area contributed by atoms with E-state index in [1.165, 1.54) is 31.2 Å². The van der Waals surface area contributed by atoms with E-state index in [9.17, 15) is 27.2 Å². The number of halogens is 4. The van der Waals surface area contributed by atoms with Crippen LogP contribution in [-0.4, -0.2) is 43.8 Å². The van der Waals surface area contributed by atoms with E-state index in [1.54, 1.807) is 0 Å². The smallest absolute Gasteiger partial charge is 0.370 e. The number of nitrogens with one attached hydrogen (secondary N) is 2. The van der Waals surface area contributed by atoms with Gasteiger partial charge in [0.2, 0.25) is 5.91 Å². The van der Waals surface area contributed by atoms with Gasteiger partial charge in [-0.15, -0.1) is 0 Å². The molecule has 25 heavy (non-hydrogen) atoms. The Balaban J connectivity index is 2.15. The van der Waals surface area contributed by atoms with Crippen LogP contribution in [0.4, 0.5) is 17.6 Å². The van der Waals surface area contributed by atoms with Crippen molar-refractivity contribution in [2.24, 2.45) is 0 Å². The lowest BCUT2D eigenvalue weighted by Gasteiger charge is -2.15. The van der Waals surface area contributed by atoms with Crippen molar-refractivity contribution in [2.75, 3.05) is 19.8 Å². The maximum atomic E-state index is 12.7. The summed E-state index contributed by atoms with van der Waals surface area (Å²) in [4.78, 5) is 23.4. The summed E-state index contributed by atoms with van der Waals surface area (Å²) in [6.07, 6.45) is -3.94. The number of amides is 2. The van der Waals surface area contributed by atoms with Crippen LogP contribution in [0.5, 0.6) is 0 Å². The zero-order chi connectivity index (χ0) is 18.9. The maximum absolute atomic E-state index is 12.7. The second-order valence-corrected chi connectivity index (χ2v) is 5.47. The Hall–Kier alpha value is -2.16. The molecule has 0 saturated heterocycles. The first-order valence-corrected chi connectivity index (χ1v) is 7.65. The average molecular weight is 364 g/mol. The molecule has 0 aromatic heterocycles. The molecule has 0 fully saturated rings. The van der Waals surface area contributed by atoms with Crippen molar-refractivity contribution < 1.29 is 31.9 Å². The Morgan fingerprint density at radius 1 is 1.20 bits per heavy atom. The topological polar surface area (TPSA) is 67.4 Å². The van der Waals surface area contributed by atoms with E-state index in [2.05, 4.69) is 15.4 Å². The second kappa shape index (κ2) is 9.97. The van der Waals surface area contributed by atoms with Crippen LogP contribution in [0, 0.1) is 5.82 Å². The summed E-state index contributed by atoms with van der Waals surface area (Å²) in [6, 6.07) is 4.48. The SMILES string of the molecule is CC(COCC(F)(F)F)NC(=O)CCCNC(=O)c1ccc(F)cc1. The zero-order valence-electron chi connectivity index (χ0n) is 13.7. The molecule has 1 aromatic carbocycles. The van der Waals surface area contributed by atoms with Gasteiger partial charge in [0.1, 0.15) is 12.4 Å². The number of rotatable bonds is 9. The first-order chi connectivity index (χ1) is 11.7. The number of carbonyl (C=O) groups excluding carboxylic acids is 2. The van der Waals surface area contributed by atoms with E-state index in [0.717, 1.165) is 0 Å². The average Bonchev–Trinajstić information content (AvgIpc) is 2.50. The van der Waals surface area contributed by atoms with Gasteiger partial charge in [0.05, 0.1) is 6.61 Å². The van der Waals surface area contributed by atoms with Crippen LogP contribution in [0.1, 0.15) is 30.1 Å². The number of benzene rings is 1. The lowest BCUT2D eigenvalue weighted by atomic mass is 10.2. The zero-order valence-corrected chi connectivity index (χ0v) is 13.7. The molecule has 0 bridgehead atoms. The third-order valence-corrected chi connectivity index (χ3v) is 3.01. The molecule has 0 aliphatic carbocycles. The minimum atomic E-state index is -4.40. The fourth-order valence-electron chi connectivity index (χ4n) is 1.89. The molecule has 9 heteroatoms. The van der Waals surface area contributed by atoms with Gasteiger partial charge in [0, 0.05) is 24.6 Å². The maximum Gasteiger partial charge on any atom is 0.411 e. The summed E-state index contributed by atoms with van der Waals surface area (Å²) in [6.45, 7) is 0.169. The van der Waals surface area contributed by atoms with Gasteiger partial charge in [-0.1, -0.05) is 0 Å². The van der Waals surface area contributed by atoms with E-state index in [4.69, 9.17) is 0 Å². The highest BCUT2D eigenvalue weighted by molar-refractivity contribution is 5.94. The van der Waals surface area contributed by atoms with Crippen molar-refractivity contribution in [3.8, 4) is 0 Å². The molecule has 1 aromatic rings. The molecule has 1 rings (SSSR count). The van der Waals surface area contributed by atoms with Crippen molar-refractivity contribution in [3.05, 3.63) is 35.6 Å². The number of ether oxygens (including phenoxy) is 1. The molecular formula is C16H20F4N2O3. The number of alkyl halides is 3. The van der Waals surface area contributed by atoms with Crippen molar-refractivity contribution >= 4 is 11.8 Å². The largest absolute Gasteiger partial charge is 0.411 e. The fourth-order valence-corrected chi connectivity index (χ4v) is 1.89. The van der Waals surface area contributed by atoms with Gasteiger partial charge >= 0.3 is 6.18 Å². The van der Waals surface area contributed by atoms with E-state index in [1.807, 2.05) is 0 Å². The summed E-state index contributed by atoms with van der Waals surface area (Å²) in [5.74, 6) is -1.17. The van der Waals surface area contributed by atoms with Gasteiger partial charge in [-0.3, -0.25) is 9.59 Å². The quantitative estimate of drug-likeness (QED) is 0.522. The lowest BCUT2D eigenvalue weighted by Crippen LogP contribution is -2.37. The summed E-state index contributed by atoms with van der Waals surface area (Å²) >= 11 is 0. The summed E-state index contributed by atoms with van der Waals surface area (Å²) in [7, 11) is 0. The molecule has 0 heterocycles. The Morgan fingerprint density at radius 3 is 2.44 bits per heavy atom. The van der Waals surface area contributed by atoms with Crippen LogP contribution < -0.4 is 10.6 Å². The third-order valence-electron chi connectivity index (χ3n) is 3.01.